The fourth-order valence-corrected chi connectivity index (χ4v) is 2.38. The number of hydrogen-bond donors (Lipinski definition) is 0. The number of allylic oxidation sites excluding steroid dienone is 1. The van der Waals surface area contributed by atoms with Gasteiger partial charge in [-0.2, -0.15) is 5.26 Å². The van der Waals surface area contributed by atoms with Gasteiger partial charge in [-0.15, -0.1) is 0 Å². The van der Waals surface area contributed by atoms with Crippen molar-refractivity contribution in [3.63, 3.8) is 0 Å². The molecule has 0 aromatic heterocycles. The van der Waals surface area contributed by atoms with Crippen LogP contribution in [0.25, 0.3) is 0 Å². The summed E-state index contributed by atoms with van der Waals surface area (Å²) in [4.78, 5) is 0. The predicted molar refractivity (Wildman–Crippen MR) is 91.3 cm³/mol. The van der Waals surface area contributed by atoms with Gasteiger partial charge in [0.2, 0.25) is 0 Å². The van der Waals surface area contributed by atoms with E-state index < -0.39 is 0 Å². The van der Waals surface area contributed by atoms with Crippen LogP contribution in [0.3, 0.4) is 0 Å². The predicted octanol–water partition coefficient (Wildman–Crippen LogP) is 6.17. The lowest BCUT2D eigenvalue weighted by Gasteiger charge is -2.01. The molecule has 0 saturated carbocycles. The average molecular weight is 293 g/mol. The first kappa shape index (κ1) is 20.2. The highest BCUT2D eigenvalue weighted by Gasteiger charge is 1.92. The number of unbranched alkanes of at least 4 members (excludes halogenated alkanes) is 11. The number of nitrogens with zero attached hydrogens (tertiary/aromatic N) is 1. The Bertz CT molecular complexity index is 255. The molecule has 2 heteroatoms. The summed E-state index contributed by atoms with van der Waals surface area (Å²) in [5.74, 6) is 0. The first-order valence-corrected chi connectivity index (χ1v) is 9.01. The highest BCUT2D eigenvalue weighted by molar-refractivity contribution is 4.81. The van der Waals surface area contributed by atoms with Crippen LogP contribution in [0.1, 0.15) is 90.4 Å². The monoisotopic (exact) mass is 293 g/mol. The zero-order valence-electron chi connectivity index (χ0n) is 14.1. The van der Waals surface area contributed by atoms with Gasteiger partial charge < -0.3 is 4.74 Å². The second kappa shape index (κ2) is 19.2. The summed E-state index contributed by atoms with van der Waals surface area (Å²) in [5, 5.41) is 8.34. The first-order chi connectivity index (χ1) is 10.4. The van der Waals surface area contributed by atoms with Crippen molar-refractivity contribution < 1.29 is 4.74 Å². The molecular weight excluding hydrogens is 258 g/mol. The fourth-order valence-electron chi connectivity index (χ4n) is 2.38. The van der Waals surface area contributed by atoms with Crippen LogP contribution in [0.4, 0.5) is 0 Å². The molecule has 0 aromatic rings. The molecule has 0 atom stereocenters. The molecule has 0 unspecified atom stereocenters. The third-order valence-electron chi connectivity index (χ3n) is 3.71. The summed E-state index contributed by atoms with van der Waals surface area (Å²) >= 11 is 0. The van der Waals surface area contributed by atoms with Gasteiger partial charge in [0.15, 0.2) is 0 Å². The summed E-state index contributed by atoms with van der Waals surface area (Å²) in [7, 11) is 0. The van der Waals surface area contributed by atoms with E-state index in [4.69, 9.17) is 10.00 Å². The van der Waals surface area contributed by atoms with E-state index in [1.807, 2.05) is 0 Å². The van der Waals surface area contributed by atoms with Crippen LogP contribution in [0.2, 0.25) is 0 Å². The van der Waals surface area contributed by atoms with Crippen molar-refractivity contribution in [3.8, 4) is 6.07 Å². The molecule has 2 nitrogen and oxygen atoms in total. The van der Waals surface area contributed by atoms with Gasteiger partial charge in [0.1, 0.15) is 0 Å². The fraction of sp³-hybridized carbons (Fsp3) is 0.842. The number of rotatable bonds is 16. The van der Waals surface area contributed by atoms with Crippen LogP contribution in [0, 0.1) is 11.3 Å². The van der Waals surface area contributed by atoms with E-state index in [9.17, 15) is 0 Å². The molecule has 0 fully saturated rings. The molecule has 0 aliphatic carbocycles. The van der Waals surface area contributed by atoms with E-state index >= 15 is 0 Å². The van der Waals surface area contributed by atoms with Gasteiger partial charge in [-0.25, -0.2) is 0 Å². The van der Waals surface area contributed by atoms with E-state index in [1.54, 1.807) is 0 Å². The average Bonchev–Trinajstić information content (AvgIpc) is 2.50. The Balaban J connectivity index is 3.02. The first-order valence-electron chi connectivity index (χ1n) is 9.01. The van der Waals surface area contributed by atoms with Crippen LogP contribution in [-0.2, 0) is 4.74 Å². The van der Waals surface area contributed by atoms with Crippen molar-refractivity contribution in [2.24, 2.45) is 0 Å². The lowest BCUT2D eigenvalue weighted by atomic mass is 10.1. The quantitative estimate of drug-likeness (QED) is 0.252. The molecule has 0 aliphatic heterocycles. The van der Waals surface area contributed by atoms with E-state index in [-0.39, 0.29) is 0 Å². The van der Waals surface area contributed by atoms with Crippen molar-refractivity contribution in [1.29, 1.82) is 5.26 Å². The van der Waals surface area contributed by atoms with Crippen LogP contribution in [0.15, 0.2) is 12.2 Å². The van der Waals surface area contributed by atoms with Gasteiger partial charge in [-0.3, -0.25) is 0 Å². The second-order valence-electron chi connectivity index (χ2n) is 5.78. The van der Waals surface area contributed by atoms with Crippen molar-refractivity contribution in [1.82, 2.24) is 0 Å². The molecule has 0 N–H and O–H groups in total. The normalized spacial score (nSPS) is 11.0. The van der Waals surface area contributed by atoms with Gasteiger partial charge in [-0.05, 0) is 12.8 Å². The Morgan fingerprint density at radius 2 is 1.38 bits per heavy atom. The van der Waals surface area contributed by atoms with Gasteiger partial charge in [-0.1, -0.05) is 83.3 Å². The second-order valence-corrected chi connectivity index (χ2v) is 5.78. The largest absolute Gasteiger partial charge is 0.376 e. The van der Waals surface area contributed by atoms with Crippen LogP contribution in [0.5, 0.6) is 0 Å². The molecule has 21 heavy (non-hydrogen) atoms. The zero-order chi connectivity index (χ0) is 15.4. The van der Waals surface area contributed by atoms with E-state index in [0.29, 0.717) is 19.6 Å². The van der Waals surface area contributed by atoms with E-state index in [0.717, 1.165) is 0 Å². The maximum absolute atomic E-state index is 8.34. The molecule has 0 aliphatic rings. The summed E-state index contributed by atoms with van der Waals surface area (Å²) in [6, 6.07) is 2.07. The summed E-state index contributed by atoms with van der Waals surface area (Å²) in [6.07, 6.45) is 21.3. The molecule has 0 heterocycles. The SMILES string of the molecule is CCCCCCCCCCCCC/C=C/COCCC#N. The Kier molecular flexibility index (Phi) is 18.4. The number of hydrogen-bond acceptors (Lipinski definition) is 2. The molecule has 0 saturated heterocycles. The molecule has 0 aromatic carbocycles. The maximum Gasteiger partial charge on any atom is 0.0647 e. The van der Waals surface area contributed by atoms with Gasteiger partial charge in [0.05, 0.1) is 25.7 Å². The Labute approximate surface area is 132 Å². The summed E-state index contributed by atoms with van der Waals surface area (Å²) < 4.78 is 5.27. The van der Waals surface area contributed by atoms with Gasteiger partial charge in [0.25, 0.3) is 0 Å². The zero-order valence-corrected chi connectivity index (χ0v) is 14.1. The van der Waals surface area contributed by atoms with Crippen LogP contribution < -0.4 is 0 Å². The molecular formula is C19H35NO. The lowest BCUT2D eigenvalue weighted by Crippen LogP contribution is -1.92. The van der Waals surface area contributed by atoms with Gasteiger partial charge in [0, 0.05) is 0 Å². The Morgan fingerprint density at radius 1 is 0.810 bits per heavy atom. The number of nitriles is 1. The highest BCUT2D eigenvalue weighted by Crippen LogP contribution is 2.11. The minimum absolute atomic E-state index is 0.493. The van der Waals surface area contributed by atoms with Crippen LogP contribution >= 0.6 is 0 Å². The summed E-state index contributed by atoms with van der Waals surface area (Å²) in [6.45, 7) is 3.48. The van der Waals surface area contributed by atoms with Crippen molar-refractivity contribution in [2.45, 2.75) is 90.4 Å². The molecule has 122 valence electrons. The Hall–Kier alpha value is -0.810. The highest BCUT2D eigenvalue weighted by atomic mass is 16.5. The van der Waals surface area contributed by atoms with Crippen LogP contribution in [-0.4, -0.2) is 13.2 Å². The summed E-state index contributed by atoms with van der Waals surface area (Å²) in [5.41, 5.74) is 0. The topological polar surface area (TPSA) is 33.0 Å². The molecule has 0 spiro atoms. The van der Waals surface area contributed by atoms with Crippen molar-refractivity contribution >= 4 is 0 Å². The van der Waals surface area contributed by atoms with E-state index in [2.05, 4.69) is 25.1 Å². The van der Waals surface area contributed by atoms with Gasteiger partial charge >= 0.3 is 0 Å². The minimum Gasteiger partial charge on any atom is -0.376 e. The van der Waals surface area contributed by atoms with Crippen molar-refractivity contribution in [3.05, 3.63) is 12.2 Å². The molecule has 0 bridgehead atoms. The third kappa shape index (κ3) is 19.2. The van der Waals surface area contributed by atoms with E-state index in [1.165, 1.54) is 77.0 Å². The molecule has 0 rings (SSSR count). The van der Waals surface area contributed by atoms with Crippen molar-refractivity contribution in [2.75, 3.05) is 13.2 Å². The maximum atomic E-state index is 8.34. The number of ether oxygens (including phenoxy) is 1. The Morgan fingerprint density at radius 3 is 1.95 bits per heavy atom. The molecule has 0 amide bonds. The molecule has 0 radical (unpaired) electrons. The standard InChI is InChI=1S/C19H35NO/c1-2-3-4-5-6-7-8-9-10-11-12-13-14-15-18-21-19-16-17-20/h14-15H,2-13,16,18-19H2,1H3/b15-14+. The third-order valence-corrected chi connectivity index (χ3v) is 3.71. The minimum atomic E-state index is 0.493. The smallest absolute Gasteiger partial charge is 0.0647 e. The lowest BCUT2D eigenvalue weighted by molar-refractivity contribution is 0.168.